The van der Waals surface area contributed by atoms with Crippen molar-refractivity contribution in [3.05, 3.63) is 110 Å². The number of nitro benzene ring substituents is 2. The van der Waals surface area contributed by atoms with Crippen LogP contribution in [0.2, 0.25) is 0 Å². The lowest BCUT2D eigenvalue weighted by molar-refractivity contribution is -0.393. The molecular formula is C22H20N4O5. The number of hydrogen-bond donors (Lipinski definition) is 2. The minimum Gasteiger partial charge on any atom is -0.379 e. The van der Waals surface area contributed by atoms with Gasteiger partial charge in [0.05, 0.1) is 15.9 Å². The molecule has 1 atom stereocenters. The van der Waals surface area contributed by atoms with Crippen molar-refractivity contribution in [1.29, 1.82) is 0 Å². The molecule has 0 saturated heterocycles. The quantitative estimate of drug-likeness (QED) is 0.311. The number of nitro groups is 2. The third-order valence-corrected chi connectivity index (χ3v) is 4.88. The molecule has 0 aromatic heterocycles. The Hall–Kier alpha value is -4.11. The van der Waals surface area contributed by atoms with E-state index in [1.807, 2.05) is 12.1 Å². The summed E-state index contributed by atoms with van der Waals surface area (Å²) in [5.41, 5.74) is 1.71. The van der Waals surface area contributed by atoms with Crippen LogP contribution in [0.4, 0.5) is 17.1 Å². The fourth-order valence-corrected chi connectivity index (χ4v) is 3.21. The Morgan fingerprint density at radius 2 is 1.58 bits per heavy atom. The Balaban J connectivity index is 2.12. The highest BCUT2D eigenvalue weighted by atomic mass is 16.6. The lowest BCUT2D eigenvalue weighted by atomic mass is 9.83. The van der Waals surface area contributed by atoms with Crippen LogP contribution in [0.15, 0.2) is 84.0 Å². The van der Waals surface area contributed by atoms with Crippen molar-refractivity contribution in [2.24, 2.45) is 5.10 Å². The minimum absolute atomic E-state index is 0.0319. The summed E-state index contributed by atoms with van der Waals surface area (Å²) in [5.74, 6) is 0. The number of aliphatic hydroxyl groups is 1. The third-order valence-electron chi connectivity index (χ3n) is 4.88. The predicted molar refractivity (Wildman–Crippen MR) is 117 cm³/mol. The van der Waals surface area contributed by atoms with E-state index in [0.717, 1.165) is 12.1 Å². The largest absolute Gasteiger partial charge is 0.379 e. The van der Waals surface area contributed by atoms with Gasteiger partial charge in [0, 0.05) is 11.6 Å². The summed E-state index contributed by atoms with van der Waals surface area (Å²) in [7, 11) is 0. The molecule has 0 heterocycles. The van der Waals surface area contributed by atoms with Crippen molar-refractivity contribution in [2.75, 3.05) is 5.43 Å². The fraction of sp³-hybridized carbons (Fsp3) is 0.136. The van der Waals surface area contributed by atoms with Gasteiger partial charge in [0.15, 0.2) is 0 Å². The molecule has 31 heavy (non-hydrogen) atoms. The van der Waals surface area contributed by atoms with Gasteiger partial charge in [0.25, 0.3) is 5.69 Å². The molecule has 3 aromatic carbocycles. The van der Waals surface area contributed by atoms with Gasteiger partial charge in [0.2, 0.25) is 0 Å². The van der Waals surface area contributed by atoms with Gasteiger partial charge < -0.3 is 5.11 Å². The first-order valence-electron chi connectivity index (χ1n) is 9.47. The Morgan fingerprint density at radius 1 is 0.968 bits per heavy atom. The van der Waals surface area contributed by atoms with Crippen LogP contribution in [0.25, 0.3) is 0 Å². The number of non-ortho nitro benzene ring substituents is 1. The number of hydrogen-bond acceptors (Lipinski definition) is 7. The molecule has 0 fully saturated rings. The van der Waals surface area contributed by atoms with Gasteiger partial charge in [-0.25, -0.2) is 0 Å². The van der Waals surface area contributed by atoms with E-state index in [2.05, 4.69) is 10.5 Å². The second-order valence-electron chi connectivity index (χ2n) is 6.73. The molecule has 9 heteroatoms. The number of anilines is 1. The Bertz CT molecular complexity index is 1120. The molecule has 2 N–H and O–H groups in total. The topological polar surface area (TPSA) is 131 Å². The SMILES string of the molecule is CCC(O)(C(=NNc1ccc([N+](=O)[O-])cc1[N+](=O)[O-])c1ccccc1)c1ccccc1. The highest BCUT2D eigenvalue weighted by Crippen LogP contribution is 2.32. The smallest absolute Gasteiger partial charge is 0.301 e. The summed E-state index contributed by atoms with van der Waals surface area (Å²) >= 11 is 0. The molecule has 1 unspecified atom stereocenters. The lowest BCUT2D eigenvalue weighted by Gasteiger charge is -2.29. The molecule has 158 valence electrons. The summed E-state index contributed by atoms with van der Waals surface area (Å²) in [6, 6.07) is 21.2. The van der Waals surface area contributed by atoms with Crippen LogP contribution in [-0.4, -0.2) is 20.7 Å². The van der Waals surface area contributed by atoms with Crippen LogP contribution in [0.5, 0.6) is 0 Å². The maximum absolute atomic E-state index is 11.6. The van der Waals surface area contributed by atoms with Crippen LogP contribution >= 0.6 is 0 Å². The highest BCUT2D eigenvalue weighted by molar-refractivity contribution is 6.07. The summed E-state index contributed by atoms with van der Waals surface area (Å²) in [6.07, 6.45) is 0.286. The molecule has 0 spiro atoms. The van der Waals surface area contributed by atoms with Crippen molar-refractivity contribution in [3.8, 4) is 0 Å². The van der Waals surface area contributed by atoms with E-state index >= 15 is 0 Å². The number of rotatable bonds is 8. The highest BCUT2D eigenvalue weighted by Gasteiger charge is 2.35. The predicted octanol–water partition coefficient (Wildman–Crippen LogP) is 4.62. The maximum atomic E-state index is 11.6. The monoisotopic (exact) mass is 420 g/mol. The van der Waals surface area contributed by atoms with Gasteiger partial charge in [0.1, 0.15) is 17.0 Å². The van der Waals surface area contributed by atoms with Gasteiger partial charge in [-0.2, -0.15) is 5.10 Å². The molecule has 0 saturated carbocycles. The average molecular weight is 420 g/mol. The van der Waals surface area contributed by atoms with Crippen LogP contribution in [0.3, 0.4) is 0 Å². The normalized spacial score (nSPS) is 13.3. The first-order chi connectivity index (χ1) is 14.9. The van der Waals surface area contributed by atoms with E-state index in [1.165, 1.54) is 6.07 Å². The van der Waals surface area contributed by atoms with Crippen LogP contribution < -0.4 is 5.43 Å². The van der Waals surface area contributed by atoms with Gasteiger partial charge in [-0.3, -0.25) is 25.7 Å². The van der Waals surface area contributed by atoms with Crippen LogP contribution in [-0.2, 0) is 5.60 Å². The van der Waals surface area contributed by atoms with Crippen molar-refractivity contribution in [3.63, 3.8) is 0 Å². The minimum atomic E-state index is -1.48. The maximum Gasteiger partial charge on any atom is 0.301 e. The van der Waals surface area contributed by atoms with E-state index in [0.29, 0.717) is 11.1 Å². The molecule has 0 radical (unpaired) electrons. The fourth-order valence-electron chi connectivity index (χ4n) is 3.21. The van der Waals surface area contributed by atoms with Gasteiger partial charge in [-0.15, -0.1) is 0 Å². The van der Waals surface area contributed by atoms with Crippen molar-refractivity contribution in [2.45, 2.75) is 18.9 Å². The molecular weight excluding hydrogens is 400 g/mol. The van der Waals surface area contributed by atoms with E-state index in [-0.39, 0.29) is 17.8 Å². The Morgan fingerprint density at radius 3 is 2.13 bits per heavy atom. The second kappa shape index (κ2) is 9.14. The van der Waals surface area contributed by atoms with Gasteiger partial charge >= 0.3 is 5.69 Å². The summed E-state index contributed by atoms with van der Waals surface area (Å²) in [5, 5.41) is 38.3. The molecule has 0 aliphatic heterocycles. The van der Waals surface area contributed by atoms with Crippen LogP contribution in [0.1, 0.15) is 24.5 Å². The number of nitrogens with zero attached hydrogens (tertiary/aromatic N) is 3. The summed E-state index contributed by atoms with van der Waals surface area (Å²) in [4.78, 5) is 21.0. The Labute approximate surface area is 178 Å². The molecule has 0 aliphatic carbocycles. The number of nitrogens with one attached hydrogen (secondary N) is 1. The van der Waals surface area contributed by atoms with E-state index in [4.69, 9.17) is 0 Å². The zero-order valence-electron chi connectivity index (χ0n) is 16.6. The summed E-state index contributed by atoms with van der Waals surface area (Å²) < 4.78 is 0. The Kier molecular flexibility index (Phi) is 6.37. The van der Waals surface area contributed by atoms with Crippen molar-refractivity contribution < 1.29 is 15.0 Å². The number of benzene rings is 3. The molecule has 0 amide bonds. The lowest BCUT2D eigenvalue weighted by Crippen LogP contribution is -2.36. The zero-order chi connectivity index (χ0) is 22.4. The molecule has 3 aromatic rings. The van der Waals surface area contributed by atoms with Crippen molar-refractivity contribution in [1.82, 2.24) is 0 Å². The molecule has 0 bridgehead atoms. The van der Waals surface area contributed by atoms with Gasteiger partial charge in [-0.1, -0.05) is 67.6 Å². The zero-order valence-corrected chi connectivity index (χ0v) is 16.6. The molecule has 3 rings (SSSR count). The van der Waals surface area contributed by atoms with E-state index < -0.39 is 26.8 Å². The van der Waals surface area contributed by atoms with Crippen LogP contribution in [0, 0.1) is 20.2 Å². The number of hydrazone groups is 1. The standard InChI is InChI=1S/C22H20N4O5/c1-2-22(27,17-11-7-4-8-12-17)21(16-9-5-3-6-10-16)24-23-19-14-13-18(25(28)29)15-20(19)26(30)31/h3-15,23,27H,2H2,1H3. The van der Waals surface area contributed by atoms with E-state index in [1.54, 1.807) is 55.5 Å². The molecule has 9 nitrogen and oxygen atoms in total. The molecule has 0 aliphatic rings. The third kappa shape index (κ3) is 4.57. The van der Waals surface area contributed by atoms with Crippen molar-refractivity contribution >= 4 is 22.8 Å². The van der Waals surface area contributed by atoms with Gasteiger partial charge in [-0.05, 0) is 18.1 Å². The summed E-state index contributed by atoms with van der Waals surface area (Å²) in [6.45, 7) is 1.81. The second-order valence-corrected chi connectivity index (χ2v) is 6.73. The average Bonchev–Trinajstić information content (AvgIpc) is 2.80. The first-order valence-corrected chi connectivity index (χ1v) is 9.47. The first kappa shape index (κ1) is 21.6. The van der Waals surface area contributed by atoms with E-state index in [9.17, 15) is 25.3 Å².